The number of nitrogens with one attached hydrogen (secondary N) is 2. The first-order valence-electron chi connectivity index (χ1n) is 7.05. The maximum Gasteiger partial charge on any atom is 0.243 e. The lowest BCUT2D eigenvalue weighted by molar-refractivity contribution is 0.360. The zero-order valence-electron chi connectivity index (χ0n) is 12.7. The van der Waals surface area contributed by atoms with Crippen molar-refractivity contribution in [3.05, 3.63) is 35.5 Å². The van der Waals surface area contributed by atoms with Crippen molar-refractivity contribution in [2.24, 2.45) is 0 Å². The first kappa shape index (κ1) is 17.5. The van der Waals surface area contributed by atoms with E-state index < -0.39 is 10.0 Å². The number of nitriles is 3. The van der Waals surface area contributed by atoms with Crippen LogP contribution in [0.5, 0.6) is 0 Å². The van der Waals surface area contributed by atoms with Gasteiger partial charge in [-0.25, -0.2) is 8.42 Å². The van der Waals surface area contributed by atoms with E-state index in [2.05, 4.69) is 10.6 Å². The van der Waals surface area contributed by atoms with Gasteiger partial charge in [0.05, 0.1) is 4.90 Å². The molecular weight excluding hydrogens is 328 g/mol. The van der Waals surface area contributed by atoms with E-state index >= 15 is 0 Å². The highest BCUT2D eigenvalue weighted by molar-refractivity contribution is 7.89. The van der Waals surface area contributed by atoms with Gasteiger partial charge >= 0.3 is 0 Å². The van der Waals surface area contributed by atoms with Gasteiger partial charge in [-0.2, -0.15) is 20.1 Å². The molecule has 1 saturated heterocycles. The Hall–Kier alpha value is -2.90. The van der Waals surface area contributed by atoms with Gasteiger partial charge in [0.25, 0.3) is 0 Å². The molecule has 8 nitrogen and oxygen atoms in total. The highest BCUT2D eigenvalue weighted by Gasteiger charge is 2.25. The molecule has 1 aliphatic heterocycles. The molecule has 1 heterocycles. The molecule has 1 fully saturated rings. The van der Waals surface area contributed by atoms with Crippen LogP contribution in [0.15, 0.2) is 40.4 Å². The van der Waals surface area contributed by atoms with Gasteiger partial charge in [-0.05, 0) is 24.3 Å². The first-order chi connectivity index (χ1) is 11.5. The molecule has 2 N–H and O–H groups in total. The SMILES string of the molecule is N#CC(C#N)=C(C#N)Nc1ccc(S(=O)(=O)N2CCNCC2)cc1. The summed E-state index contributed by atoms with van der Waals surface area (Å²) in [4.78, 5) is 0.151. The Bertz CT molecular complexity index is 847. The van der Waals surface area contributed by atoms with Gasteiger partial charge in [0, 0.05) is 31.9 Å². The number of anilines is 1. The second-order valence-corrected chi connectivity index (χ2v) is 6.83. The van der Waals surface area contributed by atoms with Crippen molar-refractivity contribution in [3.63, 3.8) is 0 Å². The third-order valence-corrected chi connectivity index (χ3v) is 5.34. The average Bonchev–Trinajstić information content (AvgIpc) is 2.63. The summed E-state index contributed by atoms with van der Waals surface area (Å²) < 4.78 is 26.4. The quantitative estimate of drug-likeness (QED) is 0.762. The minimum absolute atomic E-state index is 0.151. The standard InChI is InChI=1S/C15H14N6O2S/c16-9-12(10-17)15(11-18)20-13-1-3-14(4-2-13)24(22,23)21-7-5-19-6-8-21/h1-4,19-20H,5-8H2. The van der Waals surface area contributed by atoms with Crippen LogP contribution < -0.4 is 10.6 Å². The molecule has 0 spiro atoms. The van der Waals surface area contributed by atoms with Crippen LogP contribution in [0.25, 0.3) is 0 Å². The van der Waals surface area contributed by atoms with Crippen LogP contribution in [0.2, 0.25) is 0 Å². The van der Waals surface area contributed by atoms with E-state index in [9.17, 15) is 8.42 Å². The molecule has 24 heavy (non-hydrogen) atoms. The minimum atomic E-state index is -3.55. The molecule has 122 valence electrons. The molecule has 0 radical (unpaired) electrons. The fraction of sp³-hybridized carbons (Fsp3) is 0.267. The maximum absolute atomic E-state index is 12.5. The summed E-state index contributed by atoms with van der Waals surface area (Å²) in [6, 6.07) is 10.8. The number of hydrogen-bond donors (Lipinski definition) is 2. The normalized spacial score (nSPS) is 14.7. The van der Waals surface area contributed by atoms with E-state index in [0.717, 1.165) is 0 Å². The fourth-order valence-electron chi connectivity index (χ4n) is 2.17. The van der Waals surface area contributed by atoms with Gasteiger partial charge in [0.15, 0.2) is 5.57 Å². The number of rotatable bonds is 4. The van der Waals surface area contributed by atoms with E-state index in [1.807, 2.05) is 0 Å². The van der Waals surface area contributed by atoms with Crippen LogP contribution in [0, 0.1) is 34.0 Å². The zero-order valence-corrected chi connectivity index (χ0v) is 13.5. The summed E-state index contributed by atoms with van der Waals surface area (Å²) in [5.41, 5.74) is -0.110. The highest BCUT2D eigenvalue weighted by atomic mass is 32.2. The largest absolute Gasteiger partial charge is 0.345 e. The van der Waals surface area contributed by atoms with Crippen molar-refractivity contribution in [2.45, 2.75) is 4.90 Å². The molecule has 0 atom stereocenters. The van der Waals surface area contributed by atoms with E-state index in [1.54, 1.807) is 18.2 Å². The average molecular weight is 342 g/mol. The summed E-state index contributed by atoms with van der Waals surface area (Å²) in [5.74, 6) is 0. The molecule has 0 aromatic heterocycles. The van der Waals surface area contributed by atoms with Crippen molar-refractivity contribution in [3.8, 4) is 18.2 Å². The van der Waals surface area contributed by atoms with Crippen molar-refractivity contribution in [2.75, 3.05) is 31.5 Å². The summed E-state index contributed by atoms with van der Waals surface area (Å²) >= 11 is 0. The Kier molecular flexibility index (Phi) is 5.51. The summed E-state index contributed by atoms with van der Waals surface area (Å²) in [6.45, 7) is 2.05. The second kappa shape index (κ2) is 7.58. The molecule has 1 aromatic rings. The summed E-state index contributed by atoms with van der Waals surface area (Å²) in [7, 11) is -3.55. The molecule has 2 rings (SSSR count). The van der Waals surface area contributed by atoms with E-state index in [4.69, 9.17) is 15.8 Å². The van der Waals surface area contributed by atoms with Gasteiger partial charge < -0.3 is 10.6 Å². The number of nitrogens with zero attached hydrogens (tertiary/aromatic N) is 4. The third kappa shape index (κ3) is 3.70. The Morgan fingerprint density at radius 2 is 1.62 bits per heavy atom. The molecule has 1 aliphatic rings. The number of allylic oxidation sites excluding steroid dienone is 2. The Morgan fingerprint density at radius 1 is 1.04 bits per heavy atom. The number of benzene rings is 1. The summed E-state index contributed by atoms with van der Waals surface area (Å²) in [5, 5.41) is 32.3. The molecule has 0 bridgehead atoms. The molecule has 0 unspecified atom stereocenters. The predicted octanol–water partition coefficient (Wildman–Crippen LogP) is 0.517. The first-order valence-corrected chi connectivity index (χ1v) is 8.49. The topological polar surface area (TPSA) is 133 Å². The van der Waals surface area contributed by atoms with Gasteiger partial charge in [-0.3, -0.25) is 0 Å². The van der Waals surface area contributed by atoms with E-state index in [-0.39, 0.29) is 16.2 Å². The lowest BCUT2D eigenvalue weighted by Gasteiger charge is -2.26. The van der Waals surface area contributed by atoms with Crippen molar-refractivity contribution >= 4 is 15.7 Å². The molecule has 0 amide bonds. The zero-order chi connectivity index (χ0) is 17.6. The van der Waals surface area contributed by atoms with Gasteiger partial charge in [-0.1, -0.05) is 0 Å². The lowest BCUT2D eigenvalue weighted by Crippen LogP contribution is -2.46. The molecule has 0 aliphatic carbocycles. The van der Waals surface area contributed by atoms with Crippen LogP contribution in [0.4, 0.5) is 5.69 Å². The van der Waals surface area contributed by atoms with Crippen molar-refractivity contribution in [1.82, 2.24) is 9.62 Å². The fourth-order valence-corrected chi connectivity index (χ4v) is 3.61. The predicted molar refractivity (Wildman–Crippen MR) is 85.6 cm³/mol. The van der Waals surface area contributed by atoms with Crippen LogP contribution in [-0.2, 0) is 10.0 Å². The van der Waals surface area contributed by atoms with Crippen molar-refractivity contribution in [1.29, 1.82) is 15.8 Å². The number of hydrogen-bond acceptors (Lipinski definition) is 7. The maximum atomic E-state index is 12.5. The number of piperazine rings is 1. The third-order valence-electron chi connectivity index (χ3n) is 3.42. The Balaban J connectivity index is 2.23. The Labute approximate surface area is 140 Å². The highest BCUT2D eigenvalue weighted by Crippen LogP contribution is 2.20. The lowest BCUT2D eigenvalue weighted by atomic mass is 10.2. The smallest absolute Gasteiger partial charge is 0.243 e. The van der Waals surface area contributed by atoms with Gasteiger partial charge in [0.1, 0.15) is 23.9 Å². The minimum Gasteiger partial charge on any atom is -0.345 e. The molecular formula is C15H14N6O2S. The molecule has 9 heteroatoms. The number of sulfonamides is 1. The van der Waals surface area contributed by atoms with E-state index in [0.29, 0.717) is 31.9 Å². The van der Waals surface area contributed by atoms with Crippen LogP contribution in [0.1, 0.15) is 0 Å². The van der Waals surface area contributed by atoms with Gasteiger partial charge in [-0.15, -0.1) is 0 Å². The Morgan fingerprint density at radius 3 is 2.12 bits per heavy atom. The van der Waals surface area contributed by atoms with E-state index in [1.165, 1.54) is 28.6 Å². The van der Waals surface area contributed by atoms with Crippen molar-refractivity contribution < 1.29 is 8.42 Å². The van der Waals surface area contributed by atoms with Gasteiger partial charge in [0.2, 0.25) is 10.0 Å². The second-order valence-electron chi connectivity index (χ2n) is 4.89. The summed E-state index contributed by atoms with van der Waals surface area (Å²) in [6.07, 6.45) is 0. The van der Waals surface area contributed by atoms with Crippen LogP contribution >= 0.6 is 0 Å². The molecule has 0 saturated carbocycles. The van der Waals surface area contributed by atoms with Crippen LogP contribution in [-0.4, -0.2) is 38.9 Å². The monoisotopic (exact) mass is 342 g/mol. The van der Waals surface area contributed by atoms with Crippen LogP contribution in [0.3, 0.4) is 0 Å². The molecule has 1 aromatic carbocycles.